The Morgan fingerprint density at radius 3 is 2.33 bits per heavy atom. The zero-order valence-corrected chi connectivity index (χ0v) is 10.1. The van der Waals surface area contributed by atoms with Crippen LogP contribution >= 0.6 is 0 Å². The standard InChI is InChI=1S/C14H25N/c1-3-12(2)14-6-4-5-13(11-15,7-9-14)8-10-14/h2-11,15H2,1H3. The molecule has 15 heavy (non-hydrogen) atoms. The van der Waals surface area contributed by atoms with E-state index in [1.165, 1.54) is 50.5 Å². The van der Waals surface area contributed by atoms with Crippen LogP contribution in [0, 0.1) is 10.8 Å². The van der Waals surface area contributed by atoms with Crippen LogP contribution in [0.5, 0.6) is 0 Å². The van der Waals surface area contributed by atoms with Crippen molar-refractivity contribution in [3.8, 4) is 0 Å². The fourth-order valence-corrected chi connectivity index (χ4v) is 3.77. The Hall–Kier alpha value is -0.300. The molecule has 3 aliphatic carbocycles. The van der Waals surface area contributed by atoms with Crippen LogP contribution in [0.15, 0.2) is 12.2 Å². The van der Waals surface area contributed by atoms with Crippen LogP contribution < -0.4 is 5.73 Å². The quantitative estimate of drug-likeness (QED) is 0.702. The molecule has 86 valence electrons. The van der Waals surface area contributed by atoms with Gasteiger partial charge in [-0.15, -0.1) is 0 Å². The van der Waals surface area contributed by atoms with E-state index in [2.05, 4.69) is 13.5 Å². The minimum atomic E-state index is 0.504. The summed E-state index contributed by atoms with van der Waals surface area (Å²) in [5.41, 5.74) is 8.49. The molecule has 3 rings (SSSR count). The van der Waals surface area contributed by atoms with Gasteiger partial charge in [0.15, 0.2) is 0 Å². The van der Waals surface area contributed by atoms with Gasteiger partial charge in [0, 0.05) is 0 Å². The monoisotopic (exact) mass is 207 g/mol. The highest BCUT2D eigenvalue weighted by atomic mass is 14.6. The van der Waals surface area contributed by atoms with Gasteiger partial charge in [-0.1, -0.05) is 25.5 Å². The zero-order valence-electron chi connectivity index (χ0n) is 10.1. The molecule has 1 nitrogen and oxygen atoms in total. The molecule has 3 fully saturated rings. The van der Waals surface area contributed by atoms with Gasteiger partial charge in [-0.25, -0.2) is 0 Å². The van der Waals surface area contributed by atoms with Gasteiger partial charge in [-0.2, -0.15) is 0 Å². The minimum absolute atomic E-state index is 0.504. The molecule has 2 bridgehead atoms. The first kappa shape index (κ1) is 11.2. The Balaban J connectivity index is 2.18. The van der Waals surface area contributed by atoms with Crippen LogP contribution in [0.2, 0.25) is 0 Å². The van der Waals surface area contributed by atoms with E-state index >= 15 is 0 Å². The molecule has 0 aromatic heterocycles. The SMILES string of the molecule is C=C(CC)C12CCCC(CN)(CC1)CC2. The molecule has 0 aromatic carbocycles. The summed E-state index contributed by atoms with van der Waals surface area (Å²) in [7, 11) is 0. The summed E-state index contributed by atoms with van der Waals surface area (Å²) in [6.45, 7) is 7.48. The van der Waals surface area contributed by atoms with Crippen molar-refractivity contribution in [1.29, 1.82) is 0 Å². The molecule has 1 heteroatoms. The number of rotatable bonds is 3. The average molecular weight is 207 g/mol. The predicted octanol–water partition coefficient (Wildman–Crippen LogP) is 3.64. The highest BCUT2D eigenvalue weighted by Crippen LogP contribution is 2.56. The van der Waals surface area contributed by atoms with E-state index in [1.54, 1.807) is 0 Å². The van der Waals surface area contributed by atoms with Crippen molar-refractivity contribution < 1.29 is 0 Å². The molecule has 2 N–H and O–H groups in total. The number of hydrogen-bond donors (Lipinski definition) is 1. The van der Waals surface area contributed by atoms with Crippen molar-refractivity contribution in [3.05, 3.63) is 12.2 Å². The fourth-order valence-electron chi connectivity index (χ4n) is 3.77. The molecular weight excluding hydrogens is 182 g/mol. The molecule has 0 heterocycles. The average Bonchev–Trinajstić information content (AvgIpc) is 2.59. The molecule has 3 aliphatic rings. The smallest absolute Gasteiger partial charge is 0.00205 e. The number of fused-ring (bicyclic) bond motifs is 4. The highest BCUT2D eigenvalue weighted by molar-refractivity contribution is 5.14. The molecule has 0 amide bonds. The normalized spacial score (nSPS) is 40.1. The van der Waals surface area contributed by atoms with Gasteiger partial charge >= 0.3 is 0 Å². The van der Waals surface area contributed by atoms with Gasteiger partial charge in [0.05, 0.1) is 0 Å². The maximum absolute atomic E-state index is 5.97. The summed E-state index contributed by atoms with van der Waals surface area (Å²) in [5.74, 6) is 0. The van der Waals surface area contributed by atoms with Gasteiger partial charge in [0.1, 0.15) is 0 Å². The van der Waals surface area contributed by atoms with Crippen LogP contribution in [0.1, 0.15) is 58.3 Å². The van der Waals surface area contributed by atoms with Crippen molar-refractivity contribution >= 4 is 0 Å². The predicted molar refractivity (Wildman–Crippen MR) is 65.7 cm³/mol. The summed E-state index contributed by atoms with van der Waals surface area (Å²) in [6, 6.07) is 0. The van der Waals surface area contributed by atoms with Crippen molar-refractivity contribution in [1.82, 2.24) is 0 Å². The van der Waals surface area contributed by atoms with Crippen LogP contribution in [-0.2, 0) is 0 Å². The summed E-state index contributed by atoms with van der Waals surface area (Å²) in [4.78, 5) is 0. The lowest BCUT2D eigenvalue weighted by atomic mass is 9.62. The maximum atomic E-state index is 5.97. The molecule has 0 saturated heterocycles. The molecular formula is C14H25N. The first-order valence-corrected chi connectivity index (χ1v) is 6.55. The second-order valence-corrected chi connectivity index (χ2v) is 5.80. The van der Waals surface area contributed by atoms with E-state index < -0.39 is 0 Å². The van der Waals surface area contributed by atoms with Crippen LogP contribution in [0.4, 0.5) is 0 Å². The van der Waals surface area contributed by atoms with Crippen LogP contribution in [0.3, 0.4) is 0 Å². The first-order valence-electron chi connectivity index (χ1n) is 6.55. The molecule has 0 spiro atoms. The Labute approximate surface area is 94.1 Å². The lowest BCUT2D eigenvalue weighted by Gasteiger charge is -2.43. The Morgan fingerprint density at radius 2 is 1.80 bits per heavy atom. The summed E-state index contributed by atoms with van der Waals surface area (Å²) in [5, 5.41) is 0. The number of allylic oxidation sites excluding steroid dienone is 1. The summed E-state index contributed by atoms with van der Waals surface area (Å²) >= 11 is 0. The van der Waals surface area contributed by atoms with Gasteiger partial charge in [-0.05, 0) is 62.3 Å². The van der Waals surface area contributed by atoms with E-state index in [0.717, 1.165) is 13.0 Å². The molecule has 0 aliphatic heterocycles. The molecule has 0 radical (unpaired) electrons. The van der Waals surface area contributed by atoms with Gasteiger partial charge in [0.25, 0.3) is 0 Å². The van der Waals surface area contributed by atoms with E-state index in [0.29, 0.717) is 10.8 Å². The van der Waals surface area contributed by atoms with Crippen molar-refractivity contribution in [3.63, 3.8) is 0 Å². The highest BCUT2D eigenvalue weighted by Gasteiger charge is 2.45. The number of nitrogens with two attached hydrogens (primary N) is 1. The Morgan fingerprint density at radius 1 is 1.13 bits per heavy atom. The third kappa shape index (κ3) is 1.75. The summed E-state index contributed by atoms with van der Waals surface area (Å²) in [6.07, 6.45) is 10.7. The van der Waals surface area contributed by atoms with E-state index in [1.807, 2.05) is 0 Å². The van der Waals surface area contributed by atoms with Crippen LogP contribution in [-0.4, -0.2) is 6.54 Å². The van der Waals surface area contributed by atoms with Crippen molar-refractivity contribution in [2.45, 2.75) is 58.3 Å². The van der Waals surface area contributed by atoms with Crippen LogP contribution in [0.25, 0.3) is 0 Å². The third-order valence-electron chi connectivity index (χ3n) is 5.24. The van der Waals surface area contributed by atoms with E-state index in [9.17, 15) is 0 Å². The third-order valence-corrected chi connectivity index (χ3v) is 5.24. The topological polar surface area (TPSA) is 26.0 Å². The lowest BCUT2D eigenvalue weighted by Crippen LogP contribution is -2.36. The molecule has 0 aromatic rings. The number of hydrogen-bond acceptors (Lipinski definition) is 1. The summed E-state index contributed by atoms with van der Waals surface area (Å²) < 4.78 is 0. The Bertz CT molecular complexity index is 246. The molecule has 0 unspecified atom stereocenters. The lowest BCUT2D eigenvalue weighted by molar-refractivity contribution is 0.134. The van der Waals surface area contributed by atoms with Gasteiger partial charge in [0.2, 0.25) is 0 Å². The molecule has 0 atom stereocenters. The second-order valence-electron chi connectivity index (χ2n) is 5.80. The Kier molecular flexibility index (Phi) is 2.94. The maximum Gasteiger partial charge on any atom is -0.00205 e. The fraction of sp³-hybridized carbons (Fsp3) is 0.857. The minimum Gasteiger partial charge on any atom is -0.330 e. The second kappa shape index (κ2) is 3.93. The van der Waals surface area contributed by atoms with Crippen molar-refractivity contribution in [2.24, 2.45) is 16.6 Å². The first-order chi connectivity index (χ1) is 7.16. The van der Waals surface area contributed by atoms with Gasteiger partial charge < -0.3 is 5.73 Å². The largest absolute Gasteiger partial charge is 0.330 e. The van der Waals surface area contributed by atoms with Gasteiger partial charge in [-0.3, -0.25) is 0 Å². The molecule has 3 saturated carbocycles. The zero-order chi connectivity index (χ0) is 10.9. The van der Waals surface area contributed by atoms with Crippen molar-refractivity contribution in [2.75, 3.05) is 6.54 Å². The van der Waals surface area contributed by atoms with E-state index in [-0.39, 0.29) is 0 Å². The van der Waals surface area contributed by atoms with E-state index in [4.69, 9.17) is 5.73 Å².